The van der Waals surface area contributed by atoms with Crippen LogP contribution in [0.1, 0.15) is 24.0 Å². The number of hydrogen-bond donors (Lipinski definition) is 1. The molecule has 0 saturated carbocycles. The van der Waals surface area contributed by atoms with Gasteiger partial charge in [0.05, 0.1) is 23.5 Å². The lowest BCUT2D eigenvalue weighted by Crippen LogP contribution is -2.26. The average molecular weight is 360 g/mol. The molecule has 1 aliphatic heterocycles. The zero-order chi connectivity index (χ0) is 19.0. The van der Waals surface area contributed by atoms with Crippen LogP contribution in [0.2, 0.25) is 0 Å². The summed E-state index contributed by atoms with van der Waals surface area (Å²) in [6.07, 6.45) is 0. The molecule has 0 unspecified atom stereocenters. The highest BCUT2D eigenvalue weighted by Crippen LogP contribution is 2.43. The molecule has 0 amide bonds. The van der Waals surface area contributed by atoms with Crippen LogP contribution in [0.25, 0.3) is 11.0 Å². The van der Waals surface area contributed by atoms with E-state index < -0.39 is 11.5 Å². The highest BCUT2D eigenvalue weighted by molar-refractivity contribution is 5.86. The first-order chi connectivity index (χ1) is 13.1. The van der Waals surface area contributed by atoms with E-state index in [0.29, 0.717) is 34.6 Å². The molecule has 3 aromatic rings. The van der Waals surface area contributed by atoms with Crippen LogP contribution in [0, 0.1) is 11.3 Å². The summed E-state index contributed by atoms with van der Waals surface area (Å²) >= 11 is 0. The van der Waals surface area contributed by atoms with Crippen LogP contribution < -0.4 is 20.8 Å². The van der Waals surface area contributed by atoms with E-state index in [-0.39, 0.29) is 17.0 Å². The molecule has 0 radical (unpaired) electrons. The Morgan fingerprint density at radius 2 is 2.04 bits per heavy atom. The molecule has 0 bridgehead atoms. The van der Waals surface area contributed by atoms with Crippen molar-refractivity contribution in [2.45, 2.75) is 12.8 Å². The Balaban J connectivity index is 2.02. The van der Waals surface area contributed by atoms with Gasteiger partial charge in [-0.3, -0.25) is 0 Å². The molecular formula is C21H16N2O4. The van der Waals surface area contributed by atoms with Crippen molar-refractivity contribution in [3.8, 4) is 17.6 Å². The fraction of sp³-hybridized carbons (Fsp3) is 0.143. The largest absolute Gasteiger partial charge is 0.494 e. The number of rotatable bonds is 3. The van der Waals surface area contributed by atoms with Crippen molar-refractivity contribution < 1.29 is 13.9 Å². The summed E-state index contributed by atoms with van der Waals surface area (Å²) in [6.45, 7) is 2.39. The SMILES string of the molecule is CCOc1cccc([C@H]2C(C#N)=C(N)Oc3c2c(=O)oc2ccccc32)c1. The van der Waals surface area contributed by atoms with Crippen LogP contribution in [0.5, 0.6) is 11.5 Å². The van der Waals surface area contributed by atoms with E-state index in [1.54, 1.807) is 24.3 Å². The lowest BCUT2D eigenvalue weighted by molar-refractivity contribution is 0.339. The molecule has 6 heteroatoms. The van der Waals surface area contributed by atoms with Gasteiger partial charge in [-0.1, -0.05) is 24.3 Å². The Hall–Kier alpha value is -3.72. The molecule has 0 saturated heterocycles. The lowest BCUT2D eigenvalue weighted by Gasteiger charge is -2.26. The highest BCUT2D eigenvalue weighted by Gasteiger charge is 2.35. The smallest absolute Gasteiger partial charge is 0.344 e. The predicted molar refractivity (Wildman–Crippen MR) is 99.4 cm³/mol. The van der Waals surface area contributed by atoms with Crippen molar-refractivity contribution in [1.82, 2.24) is 0 Å². The zero-order valence-corrected chi connectivity index (χ0v) is 14.6. The van der Waals surface area contributed by atoms with Crippen LogP contribution >= 0.6 is 0 Å². The Morgan fingerprint density at radius 3 is 2.81 bits per heavy atom. The van der Waals surface area contributed by atoms with Gasteiger partial charge in [-0.2, -0.15) is 5.26 Å². The average Bonchev–Trinajstić information content (AvgIpc) is 2.67. The van der Waals surface area contributed by atoms with E-state index in [4.69, 9.17) is 19.6 Å². The summed E-state index contributed by atoms with van der Waals surface area (Å²) in [5.41, 5.74) is 7.01. The molecule has 6 nitrogen and oxygen atoms in total. The minimum atomic E-state index is -0.694. The van der Waals surface area contributed by atoms with Crippen molar-refractivity contribution in [2.24, 2.45) is 5.73 Å². The molecule has 27 heavy (non-hydrogen) atoms. The van der Waals surface area contributed by atoms with Crippen molar-refractivity contribution >= 4 is 11.0 Å². The van der Waals surface area contributed by atoms with Crippen molar-refractivity contribution in [3.05, 3.63) is 81.5 Å². The third-order valence-corrected chi connectivity index (χ3v) is 4.48. The number of nitrogens with zero attached hydrogens (tertiary/aromatic N) is 1. The quantitative estimate of drug-likeness (QED) is 0.719. The number of benzene rings is 2. The first-order valence-corrected chi connectivity index (χ1v) is 8.50. The summed E-state index contributed by atoms with van der Waals surface area (Å²) < 4.78 is 16.7. The Bertz CT molecular complexity index is 1170. The molecular weight excluding hydrogens is 344 g/mol. The number of allylic oxidation sites excluding steroid dienone is 1. The number of para-hydroxylation sites is 1. The first kappa shape index (κ1) is 16.7. The molecule has 1 aromatic heterocycles. The minimum absolute atomic E-state index is 0.0208. The first-order valence-electron chi connectivity index (χ1n) is 8.50. The second-order valence-corrected chi connectivity index (χ2v) is 6.06. The number of fused-ring (bicyclic) bond motifs is 3. The third-order valence-electron chi connectivity index (χ3n) is 4.48. The number of ether oxygens (including phenoxy) is 2. The van der Waals surface area contributed by atoms with Crippen LogP contribution in [0.15, 0.2) is 69.2 Å². The van der Waals surface area contributed by atoms with Crippen LogP contribution in [0.4, 0.5) is 0 Å². The molecule has 0 spiro atoms. The Kier molecular flexibility index (Phi) is 4.05. The molecule has 4 rings (SSSR count). The third kappa shape index (κ3) is 2.70. The van der Waals surface area contributed by atoms with Crippen LogP contribution in [-0.4, -0.2) is 6.61 Å². The van der Waals surface area contributed by atoms with Crippen LogP contribution in [-0.2, 0) is 0 Å². The van der Waals surface area contributed by atoms with Gasteiger partial charge < -0.3 is 19.6 Å². The normalized spacial score (nSPS) is 15.8. The van der Waals surface area contributed by atoms with E-state index in [9.17, 15) is 10.1 Å². The molecule has 2 N–H and O–H groups in total. The van der Waals surface area contributed by atoms with E-state index in [2.05, 4.69) is 6.07 Å². The van der Waals surface area contributed by atoms with Gasteiger partial charge in [0.2, 0.25) is 5.88 Å². The maximum absolute atomic E-state index is 12.8. The fourth-order valence-electron chi connectivity index (χ4n) is 3.35. The molecule has 1 atom stereocenters. The molecule has 2 aromatic carbocycles. The number of hydrogen-bond acceptors (Lipinski definition) is 6. The second kappa shape index (κ2) is 6.54. The highest BCUT2D eigenvalue weighted by atomic mass is 16.5. The van der Waals surface area contributed by atoms with E-state index in [0.717, 1.165) is 0 Å². The molecule has 134 valence electrons. The van der Waals surface area contributed by atoms with Crippen molar-refractivity contribution in [1.29, 1.82) is 5.26 Å². The van der Waals surface area contributed by atoms with Gasteiger partial charge in [-0.15, -0.1) is 0 Å². The summed E-state index contributed by atoms with van der Waals surface area (Å²) in [6, 6.07) is 16.4. The molecule has 0 fully saturated rings. The lowest BCUT2D eigenvalue weighted by atomic mass is 9.84. The topological polar surface area (TPSA) is 98.5 Å². The van der Waals surface area contributed by atoms with Gasteiger partial charge in [-0.05, 0) is 36.8 Å². The number of nitrogens with two attached hydrogens (primary N) is 1. The van der Waals surface area contributed by atoms with E-state index in [1.165, 1.54) is 0 Å². The maximum Gasteiger partial charge on any atom is 0.344 e. The van der Waals surface area contributed by atoms with Gasteiger partial charge in [0.25, 0.3) is 0 Å². The molecule has 0 aliphatic carbocycles. The summed E-state index contributed by atoms with van der Waals surface area (Å²) in [5, 5.41) is 10.3. The Labute approximate surface area is 155 Å². The second-order valence-electron chi connectivity index (χ2n) is 6.06. The summed E-state index contributed by atoms with van der Waals surface area (Å²) in [4.78, 5) is 12.8. The summed E-state index contributed by atoms with van der Waals surface area (Å²) in [7, 11) is 0. The van der Waals surface area contributed by atoms with Gasteiger partial charge in [-0.25, -0.2) is 4.79 Å². The van der Waals surface area contributed by atoms with Crippen LogP contribution in [0.3, 0.4) is 0 Å². The molecule has 2 heterocycles. The number of nitriles is 1. The van der Waals surface area contributed by atoms with Gasteiger partial charge in [0, 0.05) is 0 Å². The minimum Gasteiger partial charge on any atom is -0.494 e. The molecule has 1 aliphatic rings. The Morgan fingerprint density at radius 1 is 1.22 bits per heavy atom. The zero-order valence-electron chi connectivity index (χ0n) is 14.6. The maximum atomic E-state index is 12.8. The predicted octanol–water partition coefficient (Wildman–Crippen LogP) is 3.41. The van der Waals surface area contributed by atoms with Gasteiger partial charge in [0.15, 0.2) is 5.75 Å². The summed E-state index contributed by atoms with van der Waals surface area (Å²) in [5.74, 6) is 0.252. The van der Waals surface area contributed by atoms with E-state index >= 15 is 0 Å². The standard InChI is InChI=1S/C21H16N2O4/c1-2-25-13-7-5-6-12(10-13)17-15(11-22)20(23)27-19-14-8-3-4-9-16(14)26-21(24)18(17)19/h3-10,17H,2,23H2,1H3/t17-/m0/s1. The monoisotopic (exact) mass is 360 g/mol. The van der Waals surface area contributed by atoms with Gasteiger partial charge >= 0.3 is 5.63 Å². The van der Waals surface area contributed by atoms with Crippen molar-refractivity contribution in [3.63, 3.8) is 0 Å². The van der Waals surface area contributed by atoms with Crippen molar-refractivity contribution in [2.75, 3.05) is 6.61 Å². The van der Waals surface area contributed by atoms with E-state index in [1.807, 2.05) is 31.2 Å². The fourth-order valence-corrected chi connectivity index (χ4v) is 3.35. The van der Waals surface area contributed by atoms with Gasteiger partial charge in [0.1, 0.15) is 23.0 Å².